The fraction of sp³-hybridized carbons (Fsp3) is 0.417. The highest BCUT2D eigenvalue weighted by atomic mass is 19.3. The molecule has 1 saturated carbocycles. The number of alkyl halides is 2. The van der Waals surface area contributed by atoms with E-state index >= 15 is 0 Å². The van der Waals surface area contributed by atoms with E-state index in [-0.39, 0.29) is 12.8 Å². The van der Waals surface area contributed by atoms with Gasteiger partial charge in [0.05, 0.1) is 5.56 Å². The first-order valence-electron chi connectivity index (χ1n) is 5.31. The summed E-state index contributed by atoms with van der Waals surface area (Å²) >= 11 is 0. The number of phenols is 1. The summed E-state index contributed by atoms with van der Waals surface area (Å²) in [6.07, 6.45) is 0.336. The number of carboxylic acids is 1. The molecule has 1 aliphatic rings. The van der Waals surface area contributed by atoms with E-state index in [1.54, 1.807) is 0 Å². The number of benzene rings is 1. The van der Waals surface area contributed by atoms with Gasteiger partial charge >= 0.3 is 5.97 Å². The van der Waals surface area contributed by atoms with Crippen molar-refractivity contribution < 1.29 is 23.8 Å². The number of halogens is 2. The monoisotopic (exact) mass is 242 g/mol. The number of aliphatic carboxylic acids is 1. The van der Waals surface area contributed by atoms with Crippen LogP contribution in [0.5, 0.6) is 5.75 Å². The van der Waals surface area contributed by atoms with Crippen molar-refractivity contribution >= 4 is 5.97 Å². The smallest absolute Gasteiger partial charge is 0.316 e. The summed E-state index contributed by atoms with van der Waals surface area (Å²) < 4.78 is 28.5. The first kappa shape index (κ1) is 11.8. The van der Waals surface area contributed by atoms with Crippen LogP contribution in [0.15, 0.2) is 24.3 Å². The Morgan fingerprint density at radius 2 is 1.88 bits per heavy atom. The minimum Gasteiger partial charge on any atom is -0.507 e. The molecule has 1 aliphatic carbocycles. The van der Waals surface area contributed by atoms with Gasteiger partial charge in [0.1, 0.15) is 11.2 Å². The van der Waals surface area contributed by atoms with Crippen LogP contribution in [0.4, 0.5) is 8.78 Å². The van der Waals surface area contributed by atoms with Gasteiger partial charge in [-0.25, -0.2) is 0 Å². The Balaban J connectivity index is 2.49. The fourth-order valence-corrected chi connectivity index (χ4v) is 2.19. The standard InChI is InChI=1S/C12H12F2O3/c13-12(14,8-4-1-2-5-9(8)15)11(10(16)17)6-3-7-11/h1-2,4-5,15H,3,6-7H2,(H,16,17). The lowest BCUT2D eigenvalue weighted by atomic mass is 9.63. The molecule has 0 bridgehead atoms. The molecule has 0 aromatic heterocycles. The summed E-state index contributed by atoms with van der Waals surface area (Å²) in [6, 6.07) is 4.98. The van der Waals surface area contributed by atoms with Crippen molar-refractivity contribution in [1.29, 1.82) is 0 Å². The number of aromatic hydroxyl groups is 1. The van der Waals surface area contributed by atoms with Crippen LogP contribution in [0.25, 0.3) is 0 Å². The van der Waals surface area contributed by atoms with Crippen molar-refractivity contribution in [1.82, 2.24) is 0 Å². The maximum Gasteiger partial charge on any atom is 0.316 e. The Morgan fingerprint density at radius 3 is 2.29 bits per heavy atom. The maximum atomic E-state index is 14.2. The van der Waals surface area contributed by atoms with Crippen LogP contribution in [0.1, 0.15) is 24.8 Å². The molecule has 0 spiro atoms. The second kappa shape index (κ2) is 3.68. The summed E-state index contributed by atoms with van der Waals surface area (Å²) in [5.41, 5.74) is -2.67. The Labute approximate surface area is 96.7 Å². The third-order valence-corrected chi connectivity index (χ3v) is 3.46. The quantitative estimate of drug-likeness (QED) is 0.856. The molecule has 0 heterocycles. The highest BCUT2D eigenvalue weighted by Crippen LogP contribution is 2.58. The Kier molecular flexibility index (Phi) is 2.56. The fourth-order valence-electron chi connectivity index (χ4n) is 2.19. The van der Waals surface area contributed by atoms with E-state index in [1.807, 2.05) is 0 Å². The number of hydrogen-bond acceptors (Lipinski definition) is 2. The van der Waals surface area contributed by atoms with Crippen LogP contribution in [-0.2, 0) is 10.7 Å². The van der Waals surface area contributed by atoms with Gasteiger partial charge in [-0.15, -0.1) is 0 Å². The molecule has 1 aromatic rings. The van der Waals surface area contributed by atoms with Gasteiger partial charge in [-0.3, -0.25) is 4.79 Å². The van der Waals surface area contributed by atoms with E-state index in [0.717, 1.165) is 12.1 Å². The number of hydrogen-bond donors (Lipinski definition) is 2. The molecular formula is C12H12F2O3. The zero-order valence-corrected chi connectivity index (χ0v) is 8.99. The lowest BCUT2D eigenvalue weighted by molar-refractivity contribution is -0.201. The second-order valence-electron chi connectivity index (χ2n) is 4.33. The highest BCUT2D eigenvalue weighted by Gasteiger charge is 2.64. The van der Waals surface area contributed by atoms with E-state index in [1.165, 1.54) is 12.1 Å². The number of carboxylic acid groups (broad SMARTS) is 1. The van der Waals surface area contributed by atoms with Gasteiger partial charge in [0.25, 0.3) is 5.92 Å². The average Bonchev–Trinajstić information content (AvgIpc) is 2.14. The number of carbonyl (C=O) groups is 1. The van der Waals surface area contributed by atoms with Gasteiger partial charge in [-0.1, -0.05) is 18.6 Å². The van der Waals surface area contributed by atoms with Gasteiger partial charge in [0, 0.05) is 0 Å². The number of para-hydroxylation sites is 1. The van der Waals surface area contributed by atoms with Gasteiger partial charge < -0.3 is 10.2 Å². The molecule has 0 aliphatic heterocycles. The largest absolute Gasteiger partial charge is 0.507 e. The van der Waals surface area contributed by atoms with Crippen molar-refractivity contribution in [2.24, 2.45) is 5.41 Å². The molecule has 92 valence electrons. The van der Waals surface area contributed by atoms with Gasteiger partial charge in [0.15, 0.2) is 0 Å². The van der Waals surface area contributed by atoms with Gasteiger partial charge in [-0.2, -0.15) is 8.78 Å². The van der Waals surface area contributed by atoms with E-state index in [4.69, 9.17) is 5.11 Å². The lowest BCUT2D eigenvalue weighted by Crippen LogP contribution is -2.50. The molecule has 17 heavy (non-hydrogen) atoms. The van der Waals surface area contributed by atoms with Crippen molar-refractivity contribution in [3.63, 3.8) is 0 Å². The summed E-state index contributed by atoms with van der Waals surface area (Å²) in [7, 11) is 0. The van der Waals surface area contributed by atoms with Crippen LogP contribution in [0.3, 0.4) is 0 Å². The minimum atomic E-state index is -3.55. The molecule has 0 unspecified atom stereocenters. The van der Waals surface area contributed by atoms with E-state index < -0.39 is 28.6 Å². The predicted octanol–water partition coefficient (Wildman–Crippen LogP) is 2.74. The Bertz CT molecular complexity index is 453. The summed E-state index contributed by atoms with van der Waals surface area (Å²) in [6.45, 7) is 0. The zero-order chi connectivity index (χ0) is 12.7. The lowest BCUT2D eigenvalue weighted by Gasteiger charge is -2.43. The SMILES string of the molecule is O=C(O)C1(C(F)(F)c2ccccc2O)CCC1. The van der Waals surface area contributed by atoms with Crippen molar-refractivity contribution in [3.8, 4) is 5.75 Å². The van der Waals surface area contributed by atoms with E-state index in [2.05, 4.69) is 0 Å². The molecular weight excluding hydrogens is 230 g/mol. The van der Waals surface area contributed by atoms with Crippen LogP contribution < -0.4 is 0 Å². The first-order valence-corrected chi connectivity index (χ1v) is 5.31. The third-order valence-electron chi connectivity index (χ3n) is 3.46. The normalized spacial score (nSPS) is 18.5. The molecule has 2 rings (SSSR count). The second-order valence-corrected chi connectivity index (χ2v) is 4.33. The zero-order valence-electron chi connectivity index (χ0n) is 8.99. The summed E-state index contributed by atoms with van der Waals surface area (Å²) in [4.78, 5) is 11.1. The summed E-state index contributed by atoms with van der Waals surface area (Å²) in [5.74, 6) is -5.62. The highest BCUT2D eigenvalue weighted by molar-refractivity contribution is 5.77. The predicted molar refractivity (Wildman–Crippen MR) is 55.9 cm³/mol. The van der Waals surface area contributed by atoms with Crippen molar-refractivity contribution in [2.75, 3.05) is 0 Å². The van der Waals surface area contributed by atoms with Crippen molar-refractivity contribution in [3.05, 3.63) is 29.8 Å². The van der Waals surface area contributed by atoms with Gasteiger partial charge in [-0.05, 0) is 25.0 Å². The number of phenolic OH excluding ortho intramolecular Hbond substituents is 1. The van der Waals surface area contributed by atoms with Crippen LogP contribution in [0.2, 0.25) is 0 Å². The van der Waals surface area contributed by atoms with Crippen LogP contribution >= 0.6 is 0 Å². The molecule has 0 amide bonds. The topological polar surface area (TPSA) is 57.5 Å². The van der Waals surface area contributed by atoms with Crippen LogP contribution in [0, 0.1) is 5.41 Å². The van der Waals surface area contributed by atoms with Gasteiger partial charge in [0.2, 0.25) is 0 Å². The first-order chi connectivity index (χ1) is 7.92. The summed E-state index contributed by atoms with van der Waals surface area (Å²) in [5, 5.41) is 18.4. The molecule has 5 heteroatoms. The number of rotatable bonds is 3. The molecule has 1 fully saturated rings. The minimum absolute atomic E-state index is 0.0658. The average molecular weight is 242 g/mol. The van der Waals surface area contributed by atoms with Crippen molar-refractivity contribution in [2.45, 2.75) is 25.2 Å². The molecule has 0 radical (unpaired) electrons. The maximum absolute atomic E-state index is 14.2. The molecule has 0 atom stereocenters. The van der Waals surface area contributed by atoms with E-state index in [0.29, 0.717) is 6.42 Å². The molecule has 2 N–H and O–H groups in total. The van der Waals surface area contributed by atoms with Crippen LogP contribution in [-0.4, -0.2) is 16.2 Å². The Hall–Kier alpha value is -1.65. The Morgan fingerprint density at radius 1 is 1.29 bits per heavy atom. The molecule has 0 saturated heterocycles. The van der Waals surface area contributed by atoms with E-state index in [9.17, 15) is 18.7 Å². The molecule has 1 aromatic carbocycles. The molecule has 3 nitrogen and oxygen atoms in total. The third kappa shape index (κ3) is 1.49.